The predicted molar refractivity (Wildman–Crippen MR) is 93.0 cm³/mol. The summed E-state index contributed by atoms with van der Waals surface area (Å²) in [5.41, 5.74) is 8.14. The minimum Gasteiger partial charge on any atom is -0.389 e. The van der Waals surface area contributed by atoms with Crippen molar-refractivity contribution in [3.63, 3.8) is 0 Å². The van der Waals surface area contributed by atoms with Crippen LogP contribution in [0.15, 0.2) is 23.1 Å². The molecule has 3 nitrogen and oxygen atoms in total. The van der Waals surface area contributed by atoms with Gasteiger partial charge in [0, 0.05) is 35.8 Å². The molecule has 0 bridgehead atoms. The molecule has 0 aliphatic carbocycles. The number of likely N-dealkylation sites (N-methyl/N-ethyl adjacent to an activating group) is 2. The van der Waals surface area contributed by atoms with E-state index in [9.17, 15) is 0 Å². The summed E-state index contributed by atoms with van der Waals surface area (Å²) in [6, 6.07) is 6.83. The van der Waals surface area contributed by atoms with Gasteiger partial charge in [0.1, 0.15) is 4.99 Å². The first-order valence-corrected chi connectivity index (χ1v) is 8.56. The van der Waals surface area contributed by atoms with Gasteiger partial charge < -0.3 is 15.5 Å². The summed E-state index contributed by atoms with van der Waals surface area (Å²) < 4.78 is 0. The lowest BCUT2D eigenvalue weighted by atomic mass is 10.0. The molecule has 1 heterocycles. The van der Waals surface area contributed by atoms with E-state index >= 15 is 0 Å². The highest BCUT2D eigenvalue weighted by molar-refractivity contribution is 7.98. The molecule has 110 valence electrons. The van der Waals surface area contributed by atoms with Crippen LogP contribution in [0.3, 0.4) is 0 Å². The summed E-state index contributed by atoms with van der Waals surface area (Å²) in [6.07, 6.45) is 4.53. The number of piperidine rings is 1. The lowest BCUT2D eigenvalue weighted by Crippen LogP contribution is -2.45. The maximum atomic E-state index is 5.97. The molecule has 0 spiro atoms. The first-order chi connectivity index (χ1) is 9.54. The van der Waals surface area contributed by atoms with Crippen molar-refractivity contribution >= 4 is 34.7 Å². The lowest BCUT2D eigenvalue weighted by Gasteiger charge is -2.38. The second-order valence-electron chi connectivity index (χ2n) is 5.39. The topological polar surface area (TPSA) is 32.5 Å². The standard InChI is InChI=1S/C15H23N3S2/c1-17-9-5-6-11(10-17)18(2)12-7-4-8-13(20-3)14(12)15(16)19/h4,7-8,11H,5-6,9-10H2,1-3H3,(H2,16,19). The van der Waals surface area contributed by atoms with Crippen LogP contribution in [0.5, 0.6) is 0 Å². The largest absolute Gasteiger partial charge is 0.389 e. The van der Waals surface area contributed by atoms with Crippen molar-refractivity contribution in [2.24, 2.45) is 5.73 Å². The first-order valence-electron chi connectivity index (χ1n) is 6.92. The Morgan fingerprint density at radius 1 is 1.50 bits per heavy atom. The fraction of sp³-hybridized carbons (Fsp3) is 0.533. The highest BCUT2D eigenvalue weighted by atomic mass is 32.2. The average Bonchev–Trinajstić information content (AvgIpc) is 2.45. The number of anilines is 1. The number of thioether (sulfide) groups is 1. The normalized spacial score (nSPS) is 19.9. The summed E-state index contributed by atoms with van der Waals surface area (Å²) in [5, 5.41) is 0. The molecule has 5 heteroatoms. The molecule has 1 atom stereocenters. The summed E-state index contributed by atoms with van der Waals surface area (Å²) in [4.78, 5) is 6.39. The minimum atomic E-state index is 0.487. The molecule has 1 aliphatic heterocycles. The van der Waals surface area contributed by atoms with Gasteiger partial charge in [-0.15, -0.1) is 11.8 Å². The Labute approximate surface area is 131 Å². The molecule has 1 aromatic carbocycles. The monoisotopic (exact) mass is 309 g/mol. The van der Waals surface area contributed by atoms with Crippen LogP contribution in [0.2, 0.25) is 0 Å². The van der Waals surface area contributed by atoms with Crippen LogP contribution in [0.1, 0.15) is 18.4 Å². The van der Waals surface area contributed by atoms with Crippen LogP contribution in [0, 0.1) is 0 Å². The van der Waals surface area contributed by atoms with Crippen LogP contribution in [-0.4, -0.2) is 49.4 Å². The van der Waals surface area contributed by atoms with Crippen molar-refractivity contribution in [1.29, 1.82) is 0 Å². The van der Waals surface area contributed by atoms with E-state index in [4.69, 9.17) is 18.0 Å². The van der Waals surface area contributed by atoms with Crippen molar-refractivity contribution in [3.05, 3.63) is 23.8 Å². The summed E-state index contributed by atoms with van der Waals surface area (Å²) in [5.74, 6) is 0. The third kappa shape index (κ3) is 3.27. The zero-order chi connectivity index (χ0) is 14.7. The van der Waals surface area contributed by atoms with Gasteiger partial charge in [0.05, 0.1) is 0 Å². The van der Waals surface area contributed by atoms with Crippen molar-refractivity contribution in [3.8, 4) is 0 Å². The number of hydrogen-bond donors (Lipinski definition) is 1. The van der Waals surface area contributed by atoms with E-state index in [1.54, 1.807) is 11.8 Å². The van der Waals surface area contributed by atoms with Gasteiger partial charge in [-0.25, -0.2) is 0 Å². The van der Waals surface area contributed by atoms with Gasteiger partial charge in [0.2, 0.25) is 0 Å². The third-order valence-corrected chi connectivity index (χ3v) is 4.98. The van der Waals surface area contributed by atoms with Gasteiger partial charge in [-0.1, -0.05) is 18.3 Å². The van der Waals surface area contributed by atoms with Gasteiger partial charge in [-0.05, 0) is 44.8 Å². The second kappa shape index (κ2) is 6.78. The molecule has 0 amide bonds. The molecule has 2 rings (SSSR count). The zero-order valence-electron chi connectivity index (χ0n) is 12.4. The molecule has 0 saturated carbocycles. The number of thiocarbonyl (C=S) groups is 1. The number of nitrogens with two attached hydrogens (primary N) is 1. The number of rotatable bonds is 4. The number of likely N-dealkylation sites (tertiary alicyclic amines) is 1. The number of nitrogens with zero attached hydrogens (tertiary/aromatic N) is 2. The van der Waals surface area contributed by atoms with Gasteiger partial charge in [-0.2, -0.15) is 0 Å². The Hall–Kier alpha value is -0.780. The minimum absolute atomic E-state index is 0.487. The summed E-state index contributed by atoms with van der Waals surface area (Å²) in [7, 11) is 4.35. The fourth-order valence-corrected chi connectivity index (χ4v) is 3.80. The number of hydrogen-bond acceptors (Lipinski definition) is 4. The highest BCUT2D eigenvalue weighted by Gasteiger charge is 2.24. The van der Waals surface area contributed by atoms with E-state index in [0.29, 0.717) is 11.0 Å². The Balaban J connectivity index is 2.33. The van der Waals surface area contributed by atoms with E-state index in [2.05, 4.69) is 48.4 Å². The first kappa shape index (κ1) is 15.6. The summed E-state index contributed by atoms with van der Waals surface area (Å²) >= 11 is 6.97. The van der Waals surface area contributed by atoms with E-state index in [1.165, 1.54) is 19.4 Å². The van der Waals surface area contributed by atoms with Crippen LogP contribution >= 0.6 is 24.0 Å². The Kier molecular flexibility index (Phi) is 5.29. The predicted octanol–water partition coefficient (Wildman–Crippen LogP) is 2.57. The molecule has 20 heavy (non-hydrogen) atoms. The fourth-order valence-electron chi connectivity index (χ4n) is 2.88. The molecule has 1 saturated heterocycles. The Morgan fingerprint density at radius 2 is 2.25 bits per heavy atom. The smallest absolute Gasteiger partial charge is 0.107 e. The van der Waals surface area contributed by atoms with Crippen molar-refractivity contribution in [2.75, 3.05) is 38.3 Å². The Bertz CT molecular complexity index is 490. The molecule has 1 unspecified atom stereocenters. The highest BCUT2D eigenvalue weighted by Crippen LogP contribution is 2.31. The molecule has 0 aromatic heterocycles. The summed E-state index contributed by atoms with van der Waals surface area (Å²) in [6.45, 7) is 2.29. The van der Waals surface area contributed by atoms with Gasteiger partial charge in [0.15, 0.2) is 0 Å². The van der Waals surface area contributed by atoms with Crippen molar-refractivity contribution in [2.45, 2.75) is 23.8 Å². The molecule has 1 aliphatic rings. The molecular weight excluding hydrogens is 286 g/mol. The quantitative estimate of drug-likeness (QED) is 0.683. The SMILES string of the molecule is CSc1cccc(N(C)C2CCCN(C)C2)c1C(N)=S. The molecule has 1 aromatic rings. The lowest BCUT2D eigenvalue weighted by molar-refractivity contribution is 0.248. The maximum Gasteiger partial charge on any atom is 0.107 e. The zero-order valence-corrected chi connectivity index (χ0v) is 14.1. The molecule has 2 N–H and O–H groups in total. The Morgan fingerprint density at radius 3 is 2.85 bits per heavy atom. The second-order valence-corrected chi connectivity index (χ2v) is 6.68. The van der Waals surface area contributed by atoms with Gasteiger partial charge in [-0.3, -0.25) is 0 Å². The molecular formula is C15H23N3S2. The van der Waals surface area contributed by atoms with Crippen molar-refractivity contribution in [1.82, 2.24) is 4.90 Å². The van der Waals surface area contributed by atoms with E-state index in [-0.39, 0.29) is 0 Å². The van der Waals surface area contributed by atoms with E-state index in [0.717, 1.165) is 22.7 Å². The van der Waals surface area contributed by atoms with Crippen molar-refractivity contribution < 1.29 is 0 Å². The third-order valence-electron chi connectivity index (χ3n) is 4.00. The van der Waals surface area contributed by atoms with Gasteiger partial charge in [0.25, 0.3) is 0 Å². The maximum absolute atomic E-state index is 5.97. The van der Waals surface area contributed by atoms with Crippen LogP contribution in [-0.2, 0) is 0 Å². The average molecular weight is 310 g/mol. The van der Waals surface area contributed by atoms with E-state index < -0.39 is 0 Å². The number of benzene rings is 1. The van der Waals surface area contributed by atoms with Crippen LogP contribution in [0.25, 0.3) is 0 Å². The molecule has 0 radical (unpaired) electrons. The molecule has 1 fully saturated rings. The van der Waals surface area contributed by atoms with Gasteiger partial charge >= 0.3 is 0 Å². The van der Waals surface area contributed by atoms with Crippen LogP contribution < -0.4 is 10.6 Å². The van der Waals surface area contributed by atoms with Crippen LogP contribution in [0.4, 0.5) is 5.69 Å². The van der Waals surface area contributed by atoms with E-state index in [1.807, 2.05) is 0 Å².